The highest BCUT2D eigenvalue weighted by Crippen LogP contribution is 2.19. The van der Waals surface area contributed by atoms with E-state index in [1.54, 1.807) is 0 Å². The van der Waals surface area contributed by atoms with Gasteiger partial charge in [-0.3, -0.25) is 14.4 Å². The largest absolute Gasteiger partial charge is 0.480 e. The number of carbonyl (C=O) groups is 3. The van der Waals surface area contributed by atoms with Crippen molar-refractivity contribution in [3.8, 4) is 0 Å². The predicted octanol–water partition coefficient (Wildman–Crippen LogP) is -1.65. The van der Waals surface area contributed by atoms with E-state index in [0.717, 1.165) is 4.90 Å². The summed E-state index contributed by atoms with van der Waals surface area (Å²) in [6.07, 6.45) is 0.412. The van der Waals surface area contributed by atoms with Crippen molar-refractivity contribution in [2.45, 2.75) is 25.3 Å². The molecular formula is C11H15N3O6S. The van der Waals surface area contributed by atoms with Crippen LogP contribution in [0.5, 0.6) is 0 Å². The normalized spacial score (nSPS) is 24.1. The summed E-state index contributed by atoms with van der Waals surface area (Å²) in [6, 6.07) is -0.668. The molecule has 0 aromatic rings. The summed E-state index contributed by atoms with van der Waals surface area (Å²) in [5, 5.41) is 12.5. The van der Waals surface area contributed by atoms with Crippen LogP contribution in [-0.4, -0.2) is 66.0 Å². The van der Waals surface area contributed by atoms with Gasteiger partial charge in [-0.05, 0) is 6.42 Å². The van der Waals surface area contributed by atoms with Crippen LogP contribution in [0.1, 0.15) is 19.3 Å². The van der Waals surface area contributed by atoms with E-state index in [0.29, 0.717) is 0 Å². The van der Waals surface area contributed by atoms with Crippen molar-refractivity contribution in [2.24, 2.45) is 5.10 Å². The minimum absolute atomic E-state index is 0.0418. The van der Waals surface area contributed by atoms with Crippen molar-refractivity contribution >= 4 is 33.3 Å². The summed E-state index contributed by atoms with van der Waals surface area (Å²) in [7, 11) is -3.25. The van der Waals surface area contributed by atoms with E-state index in [1.165, 1.54) is 0 Å². The summed E-state index contributed by atoms with van der Waals surface area (Å²) < 4.78 is 23.0. The van der Waals surface area contributed by atoms with Gasteiger partial charge in [0.2, 0.25) is 5.91 Å². The Morgan fingerprint density at radius 2 is 2.10 bits per heavy atom. The van der Waals surface area contributed by atoms with Crippen molar-refractivity contribution in [3.05, 3.63) is 0 Å². The molecule has 2 rings (SSSR count). The SMILES string of the molecule is O=C(O)CN(C(=O)C1=NNC(=O)CC1)C1CCS(=O)(=O)C1. The van der Waals surface area contributed by atoms with Gasteiger partial charge in [-0.15, -0.1) is 0 Å². The van der Waals surface area contributed by atoms with Crippen LogP contribution < -0.4 is 5.43 Å². The van der Waals surface area contributed by atoms with Crippen molar-refractivity contribution in [1.29, 1.82) is 0 Å². The van der Waals surface area contributed by atoms with Crippen LogP contribution >= 0.6 is 0 Å². The van der Waals surface area contributed by atoms with Crippen molar-refractivity contribution in [1.82, 2.24) is 10.3 Å². The molecule has 2 amide bonds. The lowest BCUT2D eigenvalue weighted by Gasteiger charge is -2.27. The molecule has 10 heteroatoms. The molecule has 0 saturated carbocycles. The third-order valence-corrected chi connectivity index (χ3v) is 5.12. The molecule has 1 atom stereocenters. The van der Waals surface area contributed by atoms with Crippen LogP contribution in [-0.2, 0) is 24.2 Å². The average Bonchev–Trinajstić information content (AvgIpc) is 2.76. The van der Waals surface area contributed by atoms with Gasteiger partial charge < -0.3 is 10.0 Å². The number of sulfone groups is 1. The highest BCUT2D eigenvalue weighted by Gasteiger charge is 2.37. The second-order valence-corrected chi connectivity index (χ2v) is 7.21. The molecule has 21 heavy (non-hydrogen) atoms. The van der Waals surface area contributed by atoms with Gasteiger partial charge in [-0.2, -0.15) is 5.10 Å². The van der Waals surface area contributed by atoms with Crippen LogP contribution in [0, 0.1) is 0 Å². The maximum atomic E-state index is 12.3. The molecule has 116 valence electrons. The minimum atomic E-state index is -3.25. The third-order valence-electron chi connectivity index (χ3n) is 3.37. The molecule has 0 aliphatic carbocycles. The number of aliphatic carboxylic acids is 1. The number of hydrazone groups is 1. The number of nitrogens with one attached hydrogen (secondary N) is 1. The van der Waals surface area contributed by atoms with Crippen molar-refractivity contribution in [3.63, 3.8) is 0 Å². The third kappa shape index (κ3) is 3.78. The molecule has 2 aliphatic heterocycles. The second kappa shape index (κ2) is 5.80. The van der Waals surface area contributed by atoms with Gasteiger partial charge >= 0.3 is 5.97 Å². The molecule has 0 aromatic carbocycles. The Hall–Kier alpha value is -1.97. The molecule has 1 saturated heterocycles. The van der Waals surface area contributed by atoms with Crippen LogP contribution in [0.15, 0.2) is 5.10 Å². The number of rotatable bonds is 4. The van der Waals surface area contributed by atoms with E-state index < -0.39 is 34.3 Å². The Bertz CT molecular complexity index is 611. The van der Waals surface area contributed by atoms with E-state index >= 15 is 0 Å². The fraction of sp³-hybridized carbons (Fsp3) is 0.636. The molecule has 0 radical (unpaired) electrons. The summed E-state index contributed by atoms with van der Waals surface area (Å²) in [4.78, 5) is 35.3. The van der Waals surface area contributed by atoms with Gasteiger partial charge in [-0.1, -0.05) is 0 Å². The first-order chi connectivity index (χ1) is 9.78. The molecule has 0 bridgehead atoms. The molecule has 2 aliphatic rings. The Morgan fingerprint density at radius 3 is 2.57 bits per heavy atom. The summed E-state index contributed by atoms with van der Waals surface area (Å²) >= 11 is 0. The number of hydrogen-bond acceptors (Lipinski definition) is 6. The first-order valence-corrected chi connectivity index (χ1v) is 8.19. The first-order valence-electron chi connectivity index (χ1n) is 6.37. The van der Waals surface area contributed by atoms with Crippen LogP contribution in [0.4, 0.5) is 0 Å². The molecule has 2 N–H and O–H groups in total. The summed E-state index contributed by atoms with van der Waals surface area (Å²) in [5.74, 6) is -2.50. The van der Waals surface area contributed by atoms with Gasteiger partial charge in [0.15, 0.2) is 9.84 Å². The topological polar surface area (TPSA) is 133 Å². The molecule has 1 fully saturated rings. The number of amides is 2. The number of nitrogens with zero attached hydrogens (tertiary/aromatic N) is 2. The summed E-state index contributed by atoms with van der Waals surface area (Å²) in [5.41, 5.74) is 2.21. The number of hydrogen-bond donors (Lipinski definition) is 2. The van der Waals surface area contributed by atoms with Gasteiger partial charge in [-0.25, -0.2) is 13.8 Å². The Morgan fingerprint density at radius 1 is 1.38 bits per heavy atom. The zero-order valence-electron chi connectivity index (χ0n) is 11.1. The van der Waals surface area contributed by atoms with Crippen LogP contribution in [0.2, 0.25) is 0 Å². The van der Waals surface area contributed by atoms with Crippen LogP contribution in [0.25, 0.3) is 0 Å². The van der Waals surface area contributed by atoms with Crippen molar-refractivity contribution in [2.75, 3.05) is 18.1 Å². The fourth-order valence-electron chi connectivity index (χ4n) is 2.33. The van der Waals surface area contributed by atoms with E-state index in [1.807, 2.05) is 0 Å². The predicted molar refractivity (Wildman–Crippen MR) is 71.2 cm³/mol. The van der Waals surface area contributed by atoms with E-state index in [4.69, 9.17) is 5.11 Å². The summed E-state index contributed by atoms with van der Waals surface area (Å²) in [6.45, 7) is -0.591. The van der Waals surface area contributed by atoms with Gasteiger partial charge in [0, 0.05) is 18.9 Å². The molecular weight excluding hydrogens is 302 g/mol. The lowest BCUT2D eigenvalue weighted by atomic mass is 10.1. The van der Waals surface area contributed by atoms with Gasteiger partial charge in [0.05, 0.1) is 11.5 Å². The zero-order chi connectivity index (χ0) is 15.6. The quantitative estimate of drug-likeness (QED) is 0.638. The smallest absolute Gasteiger partial charge is 0.323 e. The Balaban J connectivity index is 2.18. The second-order valence-electron chi connectivity index (χ2n) is 4.98. The van der Waals surface area contributed by atoms with Gasteiger partial charge in [0.25, 0.3) is 5.91 Å². The molecule has 2 heterocycles. The highest BCUT2D eigenvalue weighted by atomic mass is 32.2. The Labute approximate surface area is 120 Å². The number of carboxylic acid groups (broad SMARTS) is 1. The van der Waals surface area contributed by atoms with Crippen LogP contribution in [0.3, 0.4) is 0 Å². The van der Waals surface area contributed by atoms with E-state index in [2.05, 4.69) is 10.5 Å². The van der Waals surface area contributed by atoms with Crippen molar-refractivity contribution < 1.29 is 27.9 Å². The van der Waals surface area contributed by atoms with E-state index in [-0.39, 0.29) is 42.4 Å². The molecule has 9 nitrogen and oxygen atoms in total. The maximum absolute atomic E-state index is 12.3. The minimum Gasteiger partial charge on any atom is -0.480 e. The lowest BCUT2D eigenvalue weighted by molar-refractivity contribution is -0.143. The molecule has 0 spiro atoms. The fourth-order valence-corrected chi connectivity index (χ4v) is 4.06. The molecule has 0 aromatic heterocycles. The monoisotopic (exact) mass is 317 g/mol. The van der Waals surface area contributed by atoms with E-state index in [9.17, 15) is 22.8 Å². The number of carbonyl (C=O) groups excluding carboxylic acids is 2. The van der Waals surface area contributed by atoms with Gasteiger partial charge in [0.1, 0.15) is 12.3 Å². The molecule has 1 unspecified atom stereocenters. The Kier molecular flexibility index (Phi) is 4.26. The lowest BCUT2D eigenvalue weighted by Crippen LogP contribution is -2.48. The standard InChI is InChI=1S/C11H15N3O6S/c15-9-2-1-8(12-13-9)11(18)14(5-10(16)17)7-3-4-21(19,20)6-7/h7H,1-6H2,(H,13,15)(H,16,17). The highest BCUT2D eigenvalue weighted by molar-refractivity contribution is 7.91. The first kappa shape index (κ1) is 15.4. The zero-order valence-corrected chi connectivity index (χ0v) is 11.9. The number of carboxylic acids is 1. The average molecular weight is 317 g/mol. The maximum Gasteiger partial charge on any atom is 0.323 e.